The highest BCUT2D eigenvalue weighted by Crippen LogP contribution is 2.19. The van der Waals surface area contributed by atoms with E-state index in [0.717, 1.165) is 19.3 Å². The molecule has 10 heavy (non-hydrogen) atoms. The second kappa shape index (κ2) is 3.38. The van der Waals surface area contributed by atoms with Gasteiger partial charge in [0, 0.05) is 0 Å². The number of nitrogens with zero attached hydrogens (tertiary/aromatic N) is 1. The number of hydrogen-bond donors (Lipinski definition) is 1. The van der Waals surface area contributed by atoms with Crippen LogP contribution in [-0.4, -0.2) is 6.04 Å². The third-order valence-electron chi connectivity index (χ3n) is 1.97. The molecule has 2 unspecified atom stereocenters. The van der Waals surface area contributed by atoms with Crippen molar-refractivity contribution in [1.82, 2.24) is 0 Å². The van der Waals surface area contributed by atoms with E-state index < -0.39 is 0 Å². The van der Waals surface area contributed by atoms with Crippen molar-refractivity contribution in [2.75, 3.05) is 0 Å². The molecular formula is C8H12N2. The first-order valence-corrected chi connectivity index (χ1v) is 3.65. The van der Waals surface area contributed by atoms with Gasteiger partial charge in [0.05, 0.1) is 12.1 Å². The van der Waals surface area contributed by atoms with Crippen molar-refractivity contribution in [3.8, 4) is 6.07 Å². The fourth-order valence-corrected chi connectivity index (χ4v) is 1.25. The van der Waals surface area contributed by atoms with E-state index in [9.17, 15) is 0 Å². The van der Waals surface area contributed by atoms with Crippen LogP contribution >= 0.6 is 0 Å². The van der Waals surface area contributed by atoms with Crippen molar-refractivity contribution in [3.63, 3.8) is 0 Å². The maximum Gasteiger partial charge on any atom is 0.0959 e. The van der Waals surface area contributed by atoms with Gasteiger partial charge in [-0.3, -0.25) is 0 Å². The van der Waals surface area contributed by atoms with Gasteiger partial charge in [0.2, 0.25) is 0 Å². The molecule has 1 rings (SSSR count). The minimum absolute atomic E-state index is 0.259. The van der Waals surface area contributed by atoms with Crippen LogP contribution in [0.3, 0.4) is 0 Å². The Morgan fingerprint density at radius 1 is 1.60 bits per heavy atom. The summed E-state index contributed by atoms with van der Waals surface area (Å²) in [5.74, 6) is 0.398. The summed E-state index contributed by atoms with van der Waals surface area (Å²) >= 11 is 0. The summed E-state index contributed by atoms with van der Waals surface area (Å²) in [6, 6.07) is 1.82. The predicted molar refractivity (Wildman–Crippen MR) is 40.1 cm³/mol. The lowest BCUT2D eigenvalue weighted by molar-refractivity contribution is 0.440. The van der Waals surface area contributed by atoms with Gasteiger partial charge < -0.3 is 5.73 Å². The van der Waals surface area contributed by atoms with Crippen molar-refractivity contribution in [2.45, 2.75) is 25.3 Å². The van der Waals surface area contributed by atoms with Crippen LogP contribution in [0.1, 0.15) is 19.3 Å². The molecule has 0 bridgehead atoms. The minimum Gasteiger partial charge on any atom is -0.316 e. The van der Waals surface area contributed by atoms with E-state index in [-0.39, 0.29) is 6.04 Å². The lowest BCUT2D eigenvalue weighted by atomic mass is 9.89. The van der Waals surface area contributed by atoms with Gasteiger partial charge in [-0.1, -0.05) is 12.2 Å². The van der Waals surface area contributed by atoms with Crippen LogP contribution in [0.5, 0.6) is 0 Å². The SMILES string of the molecule is N#CC(N)C1CC=CCC1. The molecule has 54 valence electrons. The standard InChI is InChI=1S/C8H12N2/c9-6-8(10)7-4-2-1-3-5-7/h1-2,7-8H,3-5,10H2. The lowest BCUT2D eigenvalue weighted by Crippen LogP contribution is -2.28. The molecule has 0 heterocycles. The summed E-state index contributed by atoms with van der Waals surface area (Å²) in [4.78, 5) is 0. The average molecular weight is 136 g/mol. The molecule has 0 aromatic carbocycles. The fraction of sp³-hybridized carbons (Fsp3) is 0.625. The van der Waals surface area contributed by atoms with Crippen LogP contribution in [0.15, 0.2) is 12.2 Å². The monoisotopic (exact) mass is 136 g/mol. The van der Waals surface area contributed by atoms with Crippen molar-refractivity contribution in [1.29, 1.82) is 5.26 Å². The number of allylic oxidation sites excluding steroid dienone is 2. The van der Waals surface area contributed by atoms with E-state index in [1.54, 1.807) is 0 Å². The van der Waals surface area contributed by atoms with Crippen LogP contribution in [0.4, 0.5) is 0 Å². The second-order valence-corrected chi connectivity index (χ2v) is 2.70. The summed E-state index contributed by atoms with van der Waals surface area (Å²) in [5, 5.41) is 8.49. The van der Waals surface area contributed by atoms with Crippen LogP contribution in [0, 0.1) is 17.2 Å². The number of rotatable bonds is 1. The molecule has 0 aliphatic heterocycles. The molecule has 1 aliphatic rings. The van der Waals surface area contributed by atoms with E-state index >= 15 is 0 Å². The quantitative estimate of drug-likeness (QED) is 0.550. The molecule has 0 radical (unpaired) electrons. The van der Waals surface area contributed by atoms with Crippen molar-refractivity contribution < 1.29 is 0 Å². The third-order valence-corrected chi connectivity index (χ3v) is 1.97. The molecule has 0 amide bonds. The summed E-state index contributed by atoms with van der Waals surface area (Å²) in [5.41, 5.74) is 5.55. The number of nitrogens with two attached hydrogens (primary N) is 1. The van der Waals surface area contributed by atoms with Gasteiger partial charge >= 0.3 is 0 Å². The van der Waals surface area contributed by atoms with Crippen molar-refractivity contribution in [2.24, 2.45) is 11.7 Å². The third kappa shape index (κ3) is 1.58. The average Bonchev–Trinajstić information content (AvgIpc) is 2.05. The summed E-state index contributed by atoms with van der Waals surface area (Å²) in [6.45, 7) is 0. The van der Waals surface area contributed by atoms with Crippen molar-refractivity contribution >= 4 is 0 Å². The number of hydrogen-bond acceptors (Lipinski definition) is 2. The molecule has 0 spiro atoms. The summed E-state index contributed by atoms with van der Waals surface area (Å²) < 4.78 is 0. The van der Waals surface area contributed by atoms with Crippen LogP contribution in [-0.2, 0) is 0 Å². The molecule has 0 fully saturated rings. The van der Waals surface area contributed by atoms with E-state index in [4.69, 9.17) is 11.0 Å². The highest BCUT2D eigenvalue weighted by atomic mass is 14.6. The lowest BCUT2D eigenvalue weighted by Gasteiger charge is -2.18. The van der Waals surface area contributed by atoms with Gasteiger partial charge in [-0.05, 0) is 25.2 Å². The fourth-order valence-electron chi connectivity index (χ4n) is 1.25. The van der Waals surface area contributed by atoms with Gasteiger partial charge in [0.25, 0.3) is 0 Å². The van der Waals surface area contributed by atoms with E-state index in [0.29, 0.717) is 5.92 Å². The second-order valence-electron chi connectivity index (χ2n) is 2.70. The van der Waals surface area contributed by atoms with Gasteiger partial charge in [0.15, 0.2) is 0 Å². The first-order chi connectivity index (χ1) is 4.84. The zero-order valence-electron chi connectivity index (χ0n) is 5.96. The molecule has 2 heteroatoms. The Kier molecular flexibility index (Phi) is 2.47. The maximum atomic E-state index is 8.49. The van der Waals surface area contributed by atoms with Gasteiger partial charge in [-0.15, -0.1) is 0 Å². The molecule has 2 nitrogen and oxygen atoms in total. The van der Waals surface area contributed by atoms with E-state index in [2.05, 4.69) is 18.2 Å². The molecule has 1 aliphatic carbocycles. The summed E-state index contributed by atoms with van der Waals surface area (Å²) in [6.07, 6.45) is 7.41. The van der Waals surface area contributed by atoms with Crippen LogP contribution < -0.4 is 5.73 Å². The Balaban J connectivity index is 2.43. The Hall–Kier alpha value is -0.810. The topological polar surface area (TPSA) is 49.8 Å². The van der Waals surface area contributed by atoms with Crippen molar-refractivity contribution in [3.05, 3.63) is 12.2 Å². The van der Waals surface area contributed by atoms with Crippen LogP contribution in [0.25, 0.3) is 0 Å². The summed E-state index contributed by atoms with van der Waals surface area (Å²) in [7, 11) is 0. The van der Waals surface area contributed by atoms with E-state index in [1.807, 2.05) is 0 Å². The maximum absolute atomic E-state index is 8.49. The van der Waals surface area contributed by atoms with Gasteiger partial charge in [0.1, 0.15) is 0 Å². The van der Waals surface area contributed by atoms with Gasteiger partial charge in [-0.25, -0.2) is 0 Å². The molecular weight excluding hydrogens is 124 g/mol. The smallest absolute Gasteiger partial charge is 0.0959 e. The van der Waals surface area contributed by atoms with Gasteiger partial charge in [-0.2, -0.15) is 5.26 Å². The Bertz CT molecular complexity index is 167. The predicted octanol–water partition coefficient (Wildman–Crippen LogP) is 1.19. The van der Waals surface area contributed by atoms with E-state index in [1.165, 1.54) is 0 Å². The largest absolute Gasteiger partial charge is 0.316 e. The molecule has 2 N–H and O–H groups in total. The number of nitriles is 1. The molecule has 0 aromatic rings. The molecule has 0 saturated heterocycles. The minimum atomic E-state index is -0.259. The Labute approximate surface area is 61.3 Å². The zero-order valence-corrected chi connectivity index (χ0v) is 5.96. The highest BCUT2D eigenvalue weighted by molar-refractivity contribution is 4.99. The molecule has 0 aromatic heterocycles. The first-order valence-electron chi connectivity index (χ1n) is 3.65. The zero-order chi connectivity index (χ0) is 7.40. The Morgan fingerprint density at radius 3 is 2.90 bits per heavy atom. The highest BCUT2D eigenvalue weighted by Gasteiger charge is 2.16. The van der Waals surface area contributed by atoms with Crippen LogP contribution in [0.2, 0.25) is 0 Å². The first kappa shape index (κ1) is 7.30. The molecule has 0 saturated carbocycles. The normalized spacial score (nSPS) is 27.4. The molecule has 2 atom stereocenters. The Morgan fingerprint density at radius 2 is 2.40 bits per heavy atom.